The van der Waals surface area contributed by atoms with Gasteiger partial charge < -0.3 is 10.0 Å². The SMILES string of the molecule is CC1(O)CCCN(C(=O)C(F)F)CC1. The van der Waals surface area contributed by atoms with Crippen LogP contribution in [0.3, 0.4) is 0 Å². The van der Waals surface area contributed by atoms with Crippen molar-refractivity contribution < 1.29 is 18.7 Å². The van der Waals surface area contributed by atoms with Crippen LogP contribution in [0.25, 0.3) is 0 Å². The van der Waals surface area contributed by atoms with Crippen LogP contribution in [0.15, 0.2) is 0 Å². The average molecular weight is 207 g/mol. The fourth-order valence-corrected chi connectivity index (χ4v) is 1.62. The van der Waals surface area contributed by atoms with Crippen molar-refractivity contribution in [2.75, 3.05) is 13.1 Å². The molecule has 1 aliphatic rings. The van der Waals surface area contributed by atoms with Crippen molar-refractivity contribution in [3.63, 3.8) is 0 Å². The molecule has 1 heterocycles. The number of aliphatic hydroxyl groups is 1. The molecule has 14 heavy (non-hydrogen) atoms. The fourth-order valence-electron chi connectivity index (χ4n) is 1.62. The summed E-state index contributed by atoms with van der Waals surface area (Å²) in [6, 6.07) is 0. The minimum absolute atomic E-state index is 0.218. The molecule has 1 unspecified atom stereocenters. The van der Waals surface area contributed by atoms with Gasteiger partial charge in [-0.3, -0.25) is 4.79 Å². The fraction of sp³-hybridized carbons (Fsp3) is 0.889. The van der Waals surface area contributed by atoms with E-state index in [1.54, 1.807) is 6.92 Å². The molecule has 0 radical (unpaired) electrons. The highest BCUT2D eigenvalue weighted by Gasteiger charge is 2.29. The predicted octanol–water partition coefficient (Wildman–Crippen LogP) is 1.02. The Morgan fingerprint density at radius 2 is 2.07 bits per heavy atom. The number of alkyl halides is 2. The number of hydrogen-bond donors (Lipinski definition) is 1. The number of likely N-dealkylation sites (tertiary alicyclic amines) is 1. The van der Waals surface area contributed by atoms with Gasteiger partial charge in [0, 0.05) is 13.1 Å². The maximum Gasteiger partial charge on any atom is 0.315 e. The van der Waals surface area contributed by atoms with E-state index in [4.69, 9.17) is 0 Å². The summed E-state index contributed by atoms with van der Waals surface area (Å²) in [4.78, 5) is 12.1. The summed E-state index contributed by atoms with van der Waals surface area (Å²) in [6.45, 7) is 2.21. The second kappa shape index (κ2) is 4.21. The highest BCUT2D eigenvalue weighted by Crippen LogP contribution is 2.21. The summed E-state index contributed by atoms with van der Waals surface area (Å²) in [5.74, 6) is -1.12. The van der Waals surface area contributed by atoms with Gasteiger partial charge in [-0.2, -0.15) is 8.78 Å². The van der Waals surface area contributed by atoms with Crippen molar-refractivity contribution >= 4 is 5.91 Å². The maximum atomic E-state index is 12.1. The monoisotopic (exact) mass is 207 g/mol. The Kier molecular flexibility index (Phi) is 3.42. The summed E-state index contributed by atoms with van der Waals surface area (Å²) in [5.41, 5.74) is -0.822. The van der Waals surface area contributed by atoms with E-state index in [1.165, 1.54) is 0 Å². The van der Waals surface area contributed by atoms with E-state index in [0.717, 1.165) is 4.90 Å². The van der Waals surface area contributed by atoms with Crippen molar-refractivity contribution in [1.29, 1.82) is 0 Å². The number of carbonyl (C=O) groups is 1. The van der Waals surface area contributed by atoms with Gasteiger partial charge >= 0.3 is 6.43 Å². The van der Waals surface area contributed by atoms with Gasteiger partial charge in [-0.1, -0.05) is 0 Å². The Bertz CT molecular complexity index is 219. The number of rotatable bonds is 1. The average Bonchev–Trinajstić information content (AvgIpc) is 2.25. The molecule has 1 aliphatic heterocycles. The van der Waals surface area contributed by atoms with Crippen molar-refractivity contribution in [2.24, 2.45) is 0 Å². The van der Waals surface area contributed by atoms with Gasteiger partial charge in [-0.05, 0) is 26.2 Å². The van der Waals surface area contributed by atoms with Gasteiger partial charge in [0.25, 0.3) is 5.91 Å². The molecule has 0 spiro atoms. The zero-order valence-corrected chi connectivity index (χ0v) is 8.17. The number of carbonyl (C=O) groups excluding carboxylic acids is 1. The second-order valence-electron chi connectivity index (χ2n) is 3.98. The molecular weight excluding hydrogens is 192 g/mol. The maximum absolute atomic E-state index is 12.1. The van der Waals surface area contributed by atoms with Gasteiger partial charge in [0.1, 0.15) is 0 Å². The van der Waals surface area contributed by atoms with Crippen LogP contribution in [0.1, 0.15) is 26.2 Å². The molecule has 0 aromatic heterocycles. The van der Waals surface area contributed by atoms with Crippen molar-refractivity contribution in [1.82, 2.24) is 4.90 Å². The lowest BCUT2D eigenvalue weighted by atomic mass is 9.98. The van der Waals surface area contributed by atoms with Crippen LogP contribution in [-0.4, -0.2) is 41.0 Å². The Balaban J connectivity index is 2.54. The lowest BCUT2D eigenvalue weighted by Gasteiger charge is -2.22. The van der Waals surface area contributed by atoms with Gasteiger partial charge in [0.15, 0.2) is 0 Å². The molecular formula is C9H15F2NO2. The van der Waals surface area contributed by atoms with E-state index in [2.05, 4.69) is 0 Å². The van der Waals surface area contributed by atoms with E-state index in [1.807, 2.05) is 0 Å². The van der Waals surface area contributed by atoms with Gasteiger partial charge in [-0.25, -0.2) is 0 Å². The lowest BCUT2D eigenvalue weighted by molar-refractivity contribution is -0.142. The summed E-state index contributed by atoms with van der Waals surface area (Å²) in [6.07, 6.45) is -1.44. The quantitative estimate of drug-likeness (QED) is 0.697. The molecule has 0 aromatic carbocycles. The molecule has 0 aliphatic carbocycles. The molecule has 1 atom stereocenters. The third-order valence-corrected chi connectivity index (χ3v) is 2.56. The van der Waals surface area contributed by atoms with Crippen molar-refractivity contribution in [3.05, 3.63) is 0 Å². The molecule has 3 nitrogen and oxygen atoms in total. The molecule has 5 heteroatoms. The largest absolute Gasteiger partial charge is 0.390 e. The third kappa shape index (κ3) is 2.90. The van der Waals surface area contributed by atoms with Crippen LogP contribution in [0.4, 0.5) is 8.78 Å². The van der Waals surface area contributed by atoms with Crippen LogP contribution in [0.5, 0.6) is 0 Å². The summed E-state index contributed by atoms with van der Waals surface area (Å²) < 4.78 is 24.2. The van der Waals surface area contributed by atoms with E-state index < -0.39 is 17.9 Å². The van der Waals surface area contributed by atoms with Gasteiger partial charge in [-0.15, -0.1) is 0 Å². The molecule has 0 bridgehead atoms. The van der Waals surface area contributed by atoms with Crippen LogP contribution in [0, 0.1) is 0 Å². The first-order valence-electron chi connectivity index (χ1n) is 4.72. The minimum Gasteiger partial charge on any atom is -0.390 e. The minimum atomic E-state index is -2.93. The zero-order chi connectivity index (χ0) is 10.8. The van der Waals surface area contributed by atoms with Crippen LogP contribution >= 0.6 is 0 Å². The first-order chi connectivity index (χ1) is 6.42. The molecule has 82 valence electrons. The van der Waals surface area contributed by atoms with Crippen molar-refractivity contribution in [2.45, 2.75) is 38.2 Å². The summed E-state index contributed by atoms with van der Waals surface area (Å²) in [7, 11) is 0. The standard InChI is InChI=1S/C9H15F2NO2/c1-9(14)3-2-5-12(6-4-9)8(13)7(10)11/h7,14H,2-6H2,1H3. The predicted molar refractivity (Wildman–Crippen MR) is 47.1 cm³/mol. The van der Waals surface area contributed by atoms with Crippen LogP contribution < -0.4 is 0 Å². The third-order valence-electron chi connectivity index (χ3n) is 2.56. The molecule has 0 aromatic rings. The van der Waals surface area contributed by atoms with Crippen LogP contribution in [-0.2, 0) is 4.79 Å². The van der Waals surface area contributed by atoms with Crippen molar-refractivity contribution in [3.8, 4) is 0 Å². The molecule has 1 saturated heterocycles. The van der Waals surface area contributed by atoms with E-state index >= 15 is 0 Å². The van der Waals surface area contributed by atoms with E-state index in [-0.39, 0.29) is 6.54 Å². The van der Waals surface area contributed by atoms with Crippen LogP contribution in [0.2, 0.25) is 0 Å². The molecule has 1 fully saturated rings. The topological polar surface area (TPSA) is 40.5 Å². The second-order valence-corrected chi connectivity index (χ2v) is 3.98. The Labute approximate surface area is 81.7 Å². The Morgan fingerprint density at radius 3 is 2.64 bits per heavy atom. The molecule has 1 N–H and O–H groups in total. The highest BCUT2D eigenvalue weighted by molar-refractivity contribution is 5.79. The lowest BCUT2D eigenvalue weighted by Crippen LogP contribution is -2.37. The van der Waals surface area contributed by atoms with Gasteiger partial charge in [0.2, 0.25) is 0 Å². The Morgan fingerprint density at radius 1 is 1.43 bits per heavy atom. The zero-order valence-electron chi connectivity index (χ0n) is 8.17. The number of halogens is 2. The summed E-state index contributed by atoms with van der Waals surface area (Å²) in [5, 5.41) is 9.67. The van der Waals surface area contributed by atoms with E-state index in [0.29, 0.717) is 25.8 Å². The highest BCUT2D eigenvalue weighted by atomic mass is 19.3. The molecule has 0 saturated carbocycles. The smallest absolute Gasteiger partial charge is 0.315 e. The normalized spacial score (nSPS) is 29.1. The molecule has 1 rings (SSSR count). The Hall–Kier alpha value is -0.710. The number of nitrogens with zero attached hydrogens (tertiary/aromatic N) is 1. The number of hydrogen-bond acceptors (Lipinski definition) is 2. The van der Waals surface area contributed by atoms with E-state index in [9.17, 15) is 18.7 Å². The van der Waals surface area contributed by atoms with Gasteiger partial charge in [0.05, 0.1) is 5.60 Å². The first-order valence-corrected chi connectivity index (χ1v) is 4.72. The summed E-state index contributed by atoms with van der Waals surface area (Å²) >= 11 is 0. The first kappa shape index (κ1) is 11.4. The molecule has 1 amide bonds. The number of amides is 1.